The molecule has 0 aliphatic heterocycles. The second-order valence-electron chi connectivity index (χ2n) is 5.45. The van der Waals surface area contributed by atoms with Crippen LogP contribution in [0.15, 0.2) is 43.8 Å². The first-order chi connectivity index (χ1) is 12.2. The lowest BCUT2D eigenvalue weighted by molar-refractivity contribution is -0.113. The summed E-state index contributed by atoms with van der Waals surface area (Å²) in [5.74, 6) is -0.532. The maximum absolute atomic E-state index is 12.0. The molecule has 0 radical (unpaired) electrons. The molecule has 0 aliphatic carbocycles. The predicted molar refractivity (Wildman–Crippen MR) is 96.7 cm³/mol. The molecular formula is C14H17N5O5S2. The summed E-state index contributed by atoms with van der Waals surface area (Å²) in [7, 11) is -3.60. The molecule has 0 saturated heterocycles. The number of amides is 1. The van der Waals surface area contributed by atoms with Gasteiger partial charge in [0.1, 0.15) is 0 Å². The van der Waals surface area contributed by atoms with E-state index in [9.17, 15) is 22.8 Å². The minimum atomic E-state index is -3.60. The number of benzene rings is 1. The van der Waals surface area contributed by atoms with Crippen molar-refractivity contribution in [1.82, 2.24) is 19.9 Å². The van der Waals surface area contributed by atoms with E-state index in [1.54, 1.807) is 13.8 Å². The van der Waals surface area contributed by atoms with Gasteiger partial charge in [-0.25, -0.2) is 23.0 Å². The van der Waals surface area contributed by atoms with E-state index in [-0.39, 0.29) is 21.7 Å². The molecule has 0 saturated carbocycles. The van der Waals surface area contributed by atoms with Crippen LogP contribution in [0.1, 0.15) is 13.8 Å². The SMILES string of the molecule is CC(C)NS(=O)(=O)c1ccc(NC(=O)CSc2n[nH]c(=O)[nH]c2=O)cc1. The van der Waals surface area contributed by atoms with E-state index in [2.05, 4.69) is 20.2 Å². The number of carbonyl (C=O) groups excluding carboxylic acids is 1. The third-order valence-corrected chi connectivity index (χ3v) is 5.49. The molecule has 2 rings (SSSR count). The third-order valence-electron chi connectivity index (χ3n) is 2.86. The fraction of sp³-hybridized carbons (Fsp3) is 0.286. The zero-order chi connectivity index (χ0) is 19.3. The van der Waals surface area contributed by atoms with Crippen molar-refractivity contribution in [2.45, 2.75) is 29.8 Å². The molecular weight excluding hydrogens is 382 g/mol. The average Bonchev–Trinajstić information content (AvgIpc) is 2.53. The zero-order valence-corrected chi connectivity index (χ0v) is 15.5. The molecule has 10 nitrogen and oxygen atoms in total. The molecule has 0 fully saturated rings. The number of nitrogens with zero attached hydrogens (tertiary/aromatic N) is 1. The molecule has 0 atom stereocenters. The second kappa shape index (κ2) is 8.29. The van der Waals surface area contributed by atoms with Crippen LogP contribution < -0.4 is 21.3 Å². The minimum Gasteiger partial charge on any atom is -0.325 e. The highest BCUT2D eigenvalue weighted by Crippen LogP contribution is 2.15. The summed E-state index contributed by atoms with van der Waals surface area (Å²) in [5.41, 5.74) is -1.01. The summed E-state index contributed by atoms with van der Waals surface area (Å²) in [5, 5.41) is 8.15. The standard InChI is InChI=1S/C14H17N5O5S2/c1-8(2)19-26(23,24)10-5-3-9(4-6-10)15-11(20)7-25-13-12(21)16-14(22)18-17-13/h3-6,8,19H,7H2,1-2H3,(H,15,20)(H2,16,18,21,22). The topological polar surface area (TPSA) is 154 Å². The summed E-state index contributed by atoms with van der Waals surface area (Å²) >= 11 is 0.854. The number of hydrogen-bond acceptors (Lipinski definition) is 7. The first-order valence-corrected chi connectivity index (χ1v) is 9.88. The average molecular weight is 399 g/mol. The van der Waals surface area contributed by atoms with E-state index in [0.717, 1.165) is 11.8 Å². The first kappa shape index (κ1) is 19.9. The van der Waals surface area contributed by atoms with Crippen molar-refractivity contribution >= 4 is 33.4 Å². The molecule has 0 bridgehead atoms. The van der Waals surface area contributed by atoms with Crippen LogP contribution in [0.5, 0.6) is 0 Å². The molecule has 140 valence electrons. The van der Waals surface area contributed by atoms with E-state index < -0.39 is 27.2 Å². The van der Waals surface area contributed by atoms with Gasteiger partial charge in [-0.15, -0.1) is 0 Å². The van der Waals surface area contributed by atoms with Crippen molar-refractivity contribution in [2.24, 2.45) is 0 Å². The Labute approximate surface area is 152 Å². The summed E-state index contributed by atoms with van der Waals surface area (Å²) in [6.07, 6.45) is 0. The Hall–Kier alpha value is -2.44. The molecule has 0 spiro atoms. The third kappa shape index (κ3) is 5.54. The van der Waals surface area contributed by atoms with E-state index in [4.69, 9.17) is 0 Å². The number of thioether (sulfide) groups is 1. The lowest BCUT2D eigenvalue weighted by atomic mass is 10.3. The number of carbonyl (C=O) groups is 1. The number of H-pyrrole nitrogens is 2. The Morgan fingerprint density at radius 2 is 1.88 bits per heavy atom. The molecule has 1 aromatic heterocycles. The molecule has 1 heterocycles. The van der Waals surface area contributed by atoms with Crippen molar-refractivity contribution in [1.29, 1.82) is 0 Å². The Bertz CT molecular complexity index is 995. The minimum absolute atomic E-state index is 0.0408. The normalized spacial score (nSPS) is 11.5. The Morgan fingerprint density at radius 1 is 1.23 bits per heavy atom. The van der Waals surface area contributed by atoms with Crippen molar-refractivity contribution in [3.8, 4) is 0 Å². The van der Waals surface area contributed by atoms with Gasteiger partial charge >= 0.3 is 5.69 Å². The highest BCUT2D eigenvalue weighted by Gasteiger charge is 2.15. The molecule has 2 aromatic rings. The lowest BCUT2D eigenvalue weighted by Crippen LogP contribution is -2.30. The van der Waals surface area contributed by atoms with Crippen LogP contribution in [0.4, 0.5) is 5.69 Å². The van der Waals surface area contributed by atoms with E-state index in [1.165, 1.54) is 24.3 Å². The van der Waals surface area contributed by atoms with Crippen LogP contribution in [0.2, 0.25) is 0 Å². The lowest BCUT2D eigenvalue weighted by Gasteiger charge is -2.10. The largest absolute Gasteiger partial charge is 0.342 e. The van der Waals surface area contributed by atoms with Gasteiger partial charge in [-0.3, -0.25) is 14.6 Å². The quantitative estimate of drug-likeness (QED) is 0.473. The maximum Gasteiger partial charge on any atom is 0.342 e. The number of anilines is 1. The molecule has 0 aliphatic rings. The highest BCUT2D eigenvalue weighted by molar-refractivity contribution is 7.99. The zero-order valence-electron chi connectivity index (χ0n) is 13.9. The Balaban J connectivity index is 1.97. The highest BCUT2D eigenvalue weighted by atomic mass is 32.2. The number of hydrogen-bond donors (Lipinski definition) is 4. The van der Waals surface area contributed by atoms with E-state index >= 15 is 0 Å². The van der Waals surface area contributed by atoms with Crippen molar-refractivity contribution < 1.29 is 13.2 Å². The molecule has 4 N–H and O–H groups in total. The number of aromatic amines is 2. The maximum atomic E-state index is 12.0. The first-order valence-electron chi connectivity index (χ1n) is 7.41. The van der Waals surface area contributed by atoms with E-state index in [0.29, 0.717) is 5.69 Å². The number of aromatic nitrogens is 3. The van der Waals surface area contributed by atoms with Gasteiger partial charge in [0.05, 0.1) is 10.6 Å². The van der Waals surface area contributed by atoms with Crippen LogP contribution >= 0.6 is 11.8 Å². The van der Waals surface area contributed by atoms with Crippen molar-refractivity contribution in [3.63, 3.8) is 0 Å². The Morgan fingerprint density at radius 3 is 2.46 bits per heavy atom. The van der Waals surface area contributed by atoms with Gasteiger partial charge < -0.3 is 5.32 Å². The van der Waals surface area contributed by atoms with Gasteiger partial charge in [-0.1, -0.05) is 11.8 Å². The van der Waals surface area contributed by atoms with Gasteiger partial charge in [-0.2, -0.15) is 5.10 Å². The van der Waals surface area contributed by atoms with Crippen LogP contribution in [0, 0.1) is 0 Å². The van der Waals surface area contributed by atoms with Gasteiger partial charge in [-0.05, 0) is 38.1 Å². The van der Waals surface area contributed by atoms with Crippen molar-refractivity contribution in [3.05, 3.63) is 45.1 Å². The summed E-state index contributed by atoms with van der Waals surface area (Å²) in [6.45, 7) is 3.43. The fourth-order valence-corrected chi connectivity index (χ4v) is 3.74. The molecule has 1 aromatic carbocycles. The van der Waals surface area contributed by atoms with Gasteiger partial charge in [0, 0.05) is 11.7 Å². The van der Waals surface area contributed by atoms with Gasteiger partial charge in [0.2, 0.25) is 15.9 Å². The van der Waals surface area contributed by atoms with Crippen LogP contribution in [0.25, 0.3) is 0 Å². The van der Waals surface area contributed by atoms with Crippen LogP contribution in [-0.4, -0.2) is 41.3 Å². The number of nitrogens with one attached hydrogen (secondary N) is 4. The predicted octanol–water partition coefficient (Wildman–Crippen LogP) is -0.124. The van der Waals surface area contributed by atoms with Gasteiger partial charge in [0.15, 0.2) is 5.03 Å². The van der Waals surface area contributed by atoms with Crippen LogP contribution in [0.3, 0.4) is 0 Å². The summed E-state index contributed by atoms with van der Waals surface area (Å²) in [6, 6.07) is 5.44. The van der Waals surface area contributed by atoms with E-state index in [1.807, 2.05) is 4.98 Å². The molecule has 26 heavy (non-hydrogen) atoms. The monoisotopic (exact) mass is 399 g/mol. The smallest absolute Gasteiger partial charge is 0.325 e. The molecule has 1 amide bonds. The number of rotatable bonds is 7. The summed E-state index contributed by atoms with van der Waals surface area (Å²) in [4.78, 5) is 36.3. The Kier molecular flexibility index (Phi) is 6.34. The fourth-order valence-electron chi connectivity index (χ4n) is 1.86. The molecule has 0 unspecified atom stereocenters. The number of sulfonamides is 1. The van der Waals surface area contributed by atoms with Crippen LogP contribution in [-0.2, 0) is 14.8 Å². The van der Waals surface area contributed by atoms with Crippen molar-refractivity contribution in [2.75, 3.05) is 11.1 Å². The second-order valence-corrected chi connectivity index (χ2v) is 8.13. The summed E-state index contributed by atoms with van der Waals surface area (Å²) < 4.78 is 26.5. The molecule has 12 heteroatoms. The van der Waals surface area contributed by atoms with Gasteiger partial charge in [0.25, 0.3) is 5.56 Å².